The summed E-state index contributed by atoms with van der Waals surface area (Å²) in [7, 11) is 0. The normalized spacial score (nSPS) is 4.91. The van der Waals surface area contributed by atoms with Crippen LogP contribution in [0.1, 0.15) is 12.8 Å². The molecule has 0 atom stereocenters. The van der Waals surface area contributed by atoms with E-state index in [1.54, 1.807) is 0 Å². The predicted molar refractivity (Wildman–Crippen MR) is 34.6 cm³/mol. The molecule has 78 valence electrons. The van der Waals surface area contributed by atoms with Gasteiger partial charge in [-0.3, -0.25) is 0 Å². The molecule has 0 aromatic rings. The van der Waals surface area contributed by atoms with E-state index in [1.807, 2.05) is 0 Å². The third-order valence-electron chi connectivity index (χ3n) is 0.658. The molecule has 0 saturated heterocycles. The van der Waals surface area contributed by atoms with Gasteiger partial charge in [0, 0.05) is 0 Å². The minimum atomic E-state index is 0. The molecule has 0 amide bonds. The van der Waals surface area contributed by atoms with Crippen molar-refractivity contribution in [3.05, 3.63) is 0 Å². The molecule has 0 aromatic heterocycles. The van der Waals surface area contributed by atoms with Crippen LogP contribution in [0, 0.1) is 0 Å². The van der Waals surface area contributed by atoms with Crippen molar-refractivity contribution < 1.29 is 56.8 Å². The van der Waals surface area contributed by atoms with Gasteiger partial charge in [-0.1, -0.05) is 0 Å². The Morgan fingerprint density at radius 1 is 0.727 bits per heavy atom. The summed E-state index contributed by atoms with van der Waals surface area (Å²) in [5, 5.41) is 0. The molecule has 0 aliphatic carbocycles. The van der Waals surface area contributed by atoms with E-state index in [9.17, 15) is 0 Å². The fourth-order valence-corrected chi connectivity index (χ4v) is 0.289. The van der Waals surface area contributed by atoms with E-state index >= 15 is 0 Å². The van der Waals surface area contributed by atoms with Crippen molar-refractivity contribution >= 4 is 0 Å². The standard InChI is InChI=1S/C4H12N2.2ClH.2H2O.Pt/c5-3-1-2-4-6;;;;;/h1-6H2;2*1H;2*1H2;/q;;;;;+2/p-2. The first kappa shape index (κ1) is 40.0. The molecule has 0 aliphatic heterocycles. The summed E-state index contributed by atoms with van der Waals surface area (Å²) in [6.45, 7) is 1.55. The summed E-state index contributed by atoms with van der Waals surface area (Å²) in [5.74, 6) is 0. The Morgan fingerprint density at radius 3 is 1.00 bits per heavy atom. The molecule has 8 N–H and O–H groups in total. The molecule has 0 radical (unpaired) electrons. The van der Waals surface area contributed by atoms with E-state index in [0.717, 1.165) is 25.9 Å². The Morgan fingerprint density at radius 2 is 0.909 bits per heavy atom. The maximum absolute atomic E-state index is 5.16. The molecule has 0 aliphatic rings. The second-order valence-corrected chi connectivity index (χ2v) is 1.28. The van der Waals surface area contributed by atoms with Gasteiger partial charge in [0.1, 0.15) is 0 Å². The van der Waals surface area contributed by atoms with E-state index in [1.165, 1.54) is 0 Å². The van der Waals surface area contributed by atoms with Crippen molar-refractivity contribution in [2.75, 3.05) is 13.1 Å². The van der Waals surface area contributed by atoms with Crippen LogP contribution in [-0.4, -0.2) is 24.0 Å². The maximum atomic E-state index is 5.16. The number of hydrogen-bond acceptors (Lipinski definition) is 2. The minimum absolute atomic E-state index is 0. The summed E-state index contributed by atoms with van der Waals surface area (Å²) >= 11 is 0. The monoisotopic (exact) mass is 389 g/mol. The van der Waals surface area contributed by atoms with Crippen LogP contribution in [0.25, 0.3) is 0 Å². The molecule has 0 unspecified atom stereocenters. The molecule has 0 rings (SSSR count). The van der Waals surface area contributed by atoms with Gasteiger partial charge in [-0.25, -0.2) is 0 Å². The van der Waals surface area contributed by atoms with E-state index in [0.29, 0.717) is 0 Å². The summed E-state index contributed by atoms with van der Waals surface area (Å²) in [5.41, 5.74) is 10.3. The number of nitrogens with two attached hydrogens (primary N) is 2. The van der Waals surface area contributed by atoms with Gasteiger partial charge in [-0.2, -0.15) is 0 Å². The van der Waals surface area contributed by atoms with Gasteiger partial charge in [-0.15, -0.1) is 0 Å². The van der Waals surface area contributed by atoms with Crippen molar-refractivity contribution in [2.45, 2.75) is 12.8 Å². The van der Waals surface area contributed by atoms with Crippen LogP contribution in [0.2, 0.25) is 0 Å². The van der Waals surface area contributed by atoms with E-state index in [4.69, 9.17) is 11.5 Å². The van der Waals surface area contributed by atoms with Crippen molar-refractivity contribution in [3.63, 3.8) is 0 Å². The number of rotatable bonds is 3. The SMILES string of the molecule is NCCCCN.O.O.[Cl-].[Cl-].[Pt+2]. The number of unbranched alkanes of at least 4 members (excludes halogenated alkanes) is 1. The molecular weight excluding hydrogens is 374 g/mol. The predicted octanol–water partition coefficient (Wildman–Crippen LogP) is -7.96. The van der Waals surface area contributed by atoms with E-state index in [-0.39, 0.29) is 56.8 Å². The second kappa shape index (κ2) is 43.5. The van der Waals surface area contributed by atoms with Crippen molar-refractivity contribution in [3.8, 4) is 0 Å². The first-order valence-electron chi connectivity index (χ1n) is 2.32. The minimum Gasteiger partial charge on any atom is -1.00 e. The zero-order valence-electron chi connectivity index (χ0n) is 6.06. The van der Waals surface area contributed by atoms with Crippen LogP contribution in [0.3, 0.4) is 0 Å². The molecule has 7 heteroatoms. The smallest absolute Gasteiger partial charge is 1.00 e. The van der Waals surface area contributed by atoms with Crippen LogP contribution >= 0.6 is 0 Å². The molecule has 0 spiro atoms. The van der Waals surface area contributed by atoms with Crippen LogP contribution in [-0.2, 0) is 21.1 Å². The van der Waals surface area contributed by atoms with Gasteiger partial charge in [-0.05, 0) is 25.9 Å². The van der Waals surface area contributed by atoms with Gasteiger partial charge >= 0.3 is 21.1 Å². The van der Waals surface area contributed by atoms with E-state index < -0.39 is 0 Å². The van der Waals surface area contributed by atoms with Gasteiger partial charge in [0.15, 0.2) is 0 Å². The molecule has 0 fully saturated rings. The summed E-state index contributed by atoms with van der Waals surface area (Å²) in [6, 6.07) is 0. The largest absolute Gasteiger partial charge is 2.00 e. The van der Waals surface area contributed by atoms with Crippen molar-refractivity contribution in [2.24, 2.45) is 11.5 Å². The van der Waals surface area contributed by atoms with Crippen molar-refractivity contribution in [1.29, 1.82) is 0 Å². The van der Waals surface area contributed by atoms with Crippen LogP contribution in [0.4, 0.5) is 0 Å². The Kier molecular flexibility index (Phi) is 158. The van der Waals surface area contributed by atoms with Gasteiger partial charge in [0.05, 0.1) is 0 Å². The van der Waals surface area contributed by atoms with Crippen LogP contribution in [0.5, 0.6) is 0 Å². The zero-order chi connectivity index (χ0) is 4.83. The summed E-state index contributed by atoms with van der Waals surface area (Å²) < 4.78 is 0. The Hall–Kier alpha value is 1.11. The maximum Gasteiger partial charge on any atom is 2.00 e. The Labute approximate surface area is 94.2 Å². The third-order valence-corrected chi connectivity index (χ3v) is 0.658. The van der Waals surface area contributed by atoms with Crippen molar-refractivity contribution in [1.82, 2.24) is 0 Å². The van der Waals surface area contributed by atoms with Crippen LogP contribution in [0.15, 0.2) is 0 Å². The van der Waals surface area contributed by atoms with Gasteiger partial charge in [0.25, 0.3) is 0 Å². The first-order valence-corrected chi connectivity index (χ1v) is 2.32. The molecule has 0 aromatic carbocycles. The summed E-state index contributed by atoms with van der Waals surface area (Å²) in [4.78, 5) is 0. The number of hydrogen-bond donors (Lipinski definition) is 2. The van der Waals surface area contributed by atoms with Crippen LogP contribution < -0.4 is 36.3 Å². The summed E-state index contributed by atoms with van der Waals surface area (Å²) in [6.07, 6.45) is 2.13. The Balaban J connectivity index is -0.0000000125. The third kappa shape index (κ3) is 54.6. The average molecular weight is 390 g/mol. The molecule has 0 heterocycles. The molecule has 0 bridgehead atoms. The fourth-order valence-electron chi connectivity index (χ4n) is 0.289. The fraction of sp³-hybridized carbons (Fsp3) is 1.00. The van der Waals surface area contributed by atoms with Gasteiger partial charge in [0.2, 0.25) is 0 Å². The van der Waals surface area contributed by atoms with Gasteiger partial charge < -0.3 is 47.2 Å². The second-order valence-electron chi connectivity index (χ2n) is 1.28. The molecule has 0 saturated carbocycles. The van der Waals surface area contributed by atoms with E-state index in [2.05, 4.69) is 0 Å². The molecule has 4 nitrogen and oxygen atoms in total. The molecular formula is C4H16Cl2N2O2Pt. The first-order chi connectivity index (χ1) is 2.91. The topological polar surface area (TPSA) is 115 Å². The Bertz CT molecular complexity index is 36.1. The average Bonchev–Trinajstić information content (AvgIpc) is 1.61. The zero-order valence-corrected chi connectivity index (χ0v) is 9.84. The number of halogens is 2. The molecule has 11 heavy (non-hydrogen) atoms. The quantitative estimate of drug-likeness (QED) is 0.466.